The molecule has 50 heavy (non-hydrogen) atoms. The molecule has 4 nitrogen and oxygen atoms in total. The first-order valence-corrected chi connectivity index (χ1v) is 27.3. The van der Waals surface area contributed by atoms with E-state index in [4.69, 9.17) is 18.0 Å². The van der Waals surface area contributed by atoms with E-state index in [1.165, 1.54) is 5.56 Å². The van der Waals surface area contributed by atoms with E-state index in [1.807, 2.05) is 0 Å². The Balaban J connectivity index is 1.87. The van der Waals surface area contributed by atoms with Gasteiger partial charge in [0.1, 0.15) is 11.9 Å². The van der Waals surface area contributed by atoms with Crippen molar-refractivity contribution in [1.29, 1.82) is 0 Å². The van der Waals surface area contributed by atoms with Gasteiger partial charge < -0.3 is 18.0 Å². The van der Waals surface area contributed by atoms with Crippen LogP contribution in [0.3, 0.4) is 0 Å². The summed E-state index contributed by atoms with van der Waals surface area (Å²) in [6.45, 7) is 30.1. The largest absolute Gasteiger partial charge is 0.547 e. The average molecular weight is 731 g/mol. The Morgan fingerprint density at radius 3 is 1.84 bits per heavy atom. The lowest BCUT2D eigenvalue weighted by Gasteiger charge is -2.47. The van der Waals surface area contributed by atoms with Crippen LogP contribution in [0.5, 0.6) is 0 Å². The van der Waals surface area contributed by atoms with Gasteiger partial charge in [0.25, 0.3) is 0 Å². The molecular formula is C43H66O4Si3. The highest BCUT2D eigenvalue weighted by Crippen LogP contribution is 2.50. The van der Waals surface area contributed by atoms with Crippen LogP contribution in [-0.2, 0) is 18.0 Å². The monoisotopic (exact) mass is 730 g/mol. The zero-order chi connectivity index (χ0) is 37.0. The fourth-order valence-electron chi connectivity index (χ4n) is 6.35. The van der Waals surface area contributed by atoms with Crippen LogP contribution in [0.25, 0.3) is 6.08 Å². The first kappa shape index (κ1) is 40.2. The van der Waals surface area contributed by atoms with Gasteiger partial charge in [-0.3, -0.25) is 0 Å². The summed E-state index contributed by atoms with van der Waals surface area (Å²) >= 11 is 0. The molecule has 2 aromatic carbocycles. The number of hydrogen-bond donors (Lipinski definition) is 0. The number of allylic oxidation sites excluding steroid dienone is 2. The molecule has 7 heteroatoms. The van der Waals surface area contributed by atoms with Crippen LogP contribution in [-0.4, -0.2) is 37.2 Å². The van der Waals surface area contributed by atoms with Gasteiger partial charge in [0, 0.05) is 12.3 Å². The molecule has 0 unspecified atom stereocenters. The van der Waals surface area contributed by atoms with Gasteiger partial charge in [-0.1, -0.05) is 129 Å². The Labute approximate surface area is 308 Å². The van der Waals surface area contributed by atoms with Crippen molar-refractivity contribution in [3.8, 4) is 0 Å². The Morgan fingerprint density at radius 2 is 1.30 bits per heavy atom. The fourth-order valence-corrected chi connectivity index (χ4v) is 11.1. The third kappa shape index (κ3) is 9.64. The highest BCUT2D eigenvalue weighted by atomic mass is 28.4. The van der Waals surface area contributed by atoms with Crippen LogP contribution in [0.1, 0.15) is 85.8 Å². The number of ether oxygens (including phenoxy) is 1. The molecule has 2 aromatic rings. The summed E-state index contributed by atoms with van der Waals surface area (Å²) in [5, 5.41) is 0.144. The van der Waals surface area contributed by atoms with Crippen LogP contribution in [0.2, 0.25) is 54.4 Å². The van der Waals surface area contributed by atoms with Gasteiger partial charge in [-0.25, -0.2) is 0 Å². The predicted octanol–water partition coefficient (Wildman–Crippen LogP) is 13.0. The maximum absolute atomic E-state index is 7.34. The van der Waals surface area contributed by atoms with Crippen LogP contribution < -0.4 is 0 Å². The minimum absolute atomic E-state index is 0.0440. The molecule has 4 rings (SSSR count). The van der Waals surface area contributed by atoms with E-state index in [0.717, 1.165) is 47.4 Å². The van der Waals surface area contributed by atoms with Crippen molar-refractivity contribution in [2.45, 2.75) is 141 Å². The molecule has 1 aliphatic carbocycles. The standard InChI is InChI=1S/C43H66O4Si3/c1-14-50(15-2,16-3)46-35(28-27-33-23-19-17-20-24-33)29-36-31-40(47-49(12,13)43(7,8)9)41-38(34-25-21-18-22-26-34)30-37(32-39(41)44-36)45-48(10,11)42(4,5)6/h17-31,36,38-39,41H,14-16,32H2,1-13H3/b28-27+,35-29-/t36-,38-,39-,41+/m0/s1. The van der Waals surface area contributed by atoms with E-state index < -0.39 is 25.0 Å². The normalized spacial score (nSPS) is 22.5. The van der Waals surface area contributed by atoms with Gasteiger partial charge in [0.15, 0.2) is 0 Å². The van der Waals surface area contributed by atoms with Crippen molar-refractivity contribution in [3.63, 3.8) is 0 Å². The molecule has 2 aliphatic rings. The zero-order valence-corrected chi connectivity index (χ0v) is 36.4. The molecular weight excluding hydrogens is 665 g/mol. The second kappa shape index (κ2) is 16.0. The van der Waals surface area contributed by atoms with Crippen molar-refractivity contribution in [2.75, 3.05) is 0 Å². The van der Waals surface area contributed by atoms with Crippen molar-refractivity contribution < 1.29 is 18.0 Å². The molecule has 0 bridgehead atoms. The van der Waals surface area contributed by atoms with E-state index in [-0.39, 0.29) is 34.1 Å². The van der Waals surface area contributed by atoms with Crippen LogP contribution in [0, 0.1) is 5.92 Å². The lowest BCUT2D eigenvalue weighted by molar-refractivity contribution is -0.0334. The molecule has 1 aliphatic heterocycles. The highest BCUT2D eigenvalue weighted by molar-refractivity contribution is 6.75. The molecule has 0 aromatic heterocycles. The van der Waals surface area contributed by atoms with Crippen molar-refractivity contribution in [2.24, 2.45) is 5.92 Å². The maximum atomic E-state index is 7.34. The number of benzene rings is 2. The topological polar surface area (TPSA) is 36.9 Å². The Hall–Kier alpha value is -2.59. The molecule has 0 fully saturated rings. The molecule has 0 saturated heterocycles. The van der Waals surface area contributed by atoms with E-state index in [2.05, 4.69) is 180 Å². The van der Waals surface area contributed by atoms with E-state index in [0.29, 0.717) is 0 Å². The van der Waals surface area contributed by atoms with Gasteiger partial charge in [0.2, 0.25) is 25.0 Å². The summed E-state index contributed by atoms with van der Waals surface area (Å²) in [6, 6.07) is 24.5. The second-order valence-electron chi connectivity index (χ2n) is 17.4. The minimum atomic E-state index is -2.19. The molecule has 274 valence electrons. The summed E-state index contributed by atoms with van der Waals surface area (Å²) in [6.07, 6.45) is 11.5. The van der Waals surface area contributed by atoms with Crippen LogP contribution in [0.4, 0.5) is 0 Å². The first-order valence-electron chi connectivity index (χ1n) is 19.0. The maximum Gasteiger partial charge on any atom is 0.250 e. The number of fused-ring (bicyclic) bond motifs is 1. The lowest BCUT2D eigenvalue weighted by atomic mass is 9.74. The molecule has 4 atom stereocenters. The predicted molar refractivity (Wildman–Crippen MR) is 221 cm³/mol. The van der Waals surface area contributed by atoms with Gasteiger partial charge in [-0.05, 0) is 89.8 Å². The summed E-state index contributed by atoms with van der Waals surface area (Å²) < 4.78 is 28.7. The second-order valence-corrected chi connectivity index (χ2v) is 31.5. The molecule has 0 spiro atoms. The Kier molecular flexibility index (Phi) is 12.8. The van der Waals surface area contributed by atoms with Gasteiger partial charge in [0.05, 0.1) is 23.5 Å². The fraction of sp³-hybridized carbons (Fsp3) is 0.535. The Morgan fingerprint density at radius 1 is 0.760 bits per heavy atom. The summed E-state index contributed by atoms with van der Waals surface area (Å²) in [5.74, 6) is 3.12. The van der Waals surface area contributed by atoms with Crippen LogP contribution >= 0.6 is 0 Å². The summed E-state index contributed by atoms with van der Waals surface area (Å²) in [7, 11) is -6.25. The van der Waals surface area contributed by atoms with Crippen LogP contribution in [0.15, 0.2) is 102 Å². The smallest absolute Gasteiger partial charge is 0.250 e. The van der Waals surface area contributed by atoms with Crippen molar-refractivity contribution in [3.05, 3.63) is 113 Å². The van der Waals surface area contributed by atoms with Crippen molar-refractivity contribution in [1.82, 2.24) is 0 Å². The molecule has 0 amide bonds. The highest BCUT2D eigenvalue weighted by Gasteiger charge is 2.48. The van der Waals surface area contributed by atoms with E-state index in [9.17, 15) is 0 Å². The van der Waals surface area contributed by atoms with Gasteiger partial charge in [-0.15, -0.1) is 0 Å². The minimum Gasteiger partial charge on any atom is -0.547 e. The number of rotatable bonds is 13. The molecule has 0 saturated carbocycles. The van der Waals surface area contributed by atoms with Gasteiger partial charge in [-0.2, -0.15) is 0 Å². The Bertz CT molecular complexity index is 1510. The third-order valence-corrected chi connectivity index (χ3v) is 25.2. The SMILES string of the molecule is CC[Si](CC)(CC)OC(=C\[C@H]1C=C(O[Si](C)(C)C(C)(C)C)[C@H]2[C@H](CC(O[Si](C)(C)C(C)(C)C)=C[C@H]2c2ccccc2)O1)/C=C/c1ccccc1. The number of hydrogen-bond acceptors (Lipinski definition) is 4. The van der Waals surface area contributed by atoms with E-state index >= 15 is 0 Å². The first-order chi connectivity index (χ1) is 23.3. The molecule has 0 N–H and O–H groups in total. The summed E-state index contributed by atoms with van der Waals surface area (Å²) in [4.78, 5) is 0. The lowest BCUT2D eigenvalue weighted by Crippen LogP contribution is -2.47. The third-order valence-electron chi connectivity index (χ3n) is 11.9. The average Bonchev–Trinajstić information content (AvgIpc) is 3.05. The zero-order valence-electron chi connectivity index (χ0n) is 33.4. The van der Waals surface area contributed by atoms with E-state index in [1.54, 1.807) is 0 Å². The molecule has 0 radical (unpaired) electrons. The quantitative estimate of drug-likeness (QED) is 0.117. The summed E-state index contributed by atoms with van der Waals surface area (Å²) in [5.41, 5.74) is 2.41. The van der Waals surface area contributed by atoms with Crippen molar-refractivity contribution >= 4 is 31.0 Å². The molecule has 1 heterocycles. The van der Waals surface area contributed by atoms with Gasteiger partial charge >= 0.3 is 0 Å².